The predicted molar refractivity (Wildman–Crippen MR) is 61.5 cm³/mol. The zero-order valence-corrected chi connectivity index (χ0v) is 9.87. The van der Waals surface area contributed by atoms with Crippen LogP contribution in [0.1, 0.15) is 0 Å². The average molecular weight is 279 g/mol. The molecule has 0 fully saturated rings. The van der Waals surface area contributed by atoms with Gasteiger partial charge < -0.3 is 0 Å². The van der Waals surface area contributed by atoms with Crippen molar-refractivity contribution >= 4 is 21.5 Å². The summed E-state index contributed by atoms with van der Waals surface area (Å²) < 4.78 is 0. The van der Waals surface area contributed by atoms with Gasteiger partial charge in [-0.05, 0) is 33.7 Å². The Labute approximate surface area is 102 Å². The first-order chi connectivity index (χ1) is 6.93. The van der Waals surface area contributed by atoms with Crippen LogP contribution in [-0.2, 0) is 19.5 Å². The fourth-order valence-corrected chi connectivity index (χ4v) is 1.88. The topological polar surface area (TPSA) is 0 Å². The fourth-order valence-electron chi connectivity index (χ4n) is 1.88. The Hall–Kier alpha value is -1.20. The van der Waals surface area contributed by atoms with Crippen molar-refractivity contribution in [2.24, 2.45) is 0 Å². The minimum absolute atomic E-state index is 0. The molecule has 74 valence electrons. The smallest absolute Gasteiger partial charge is 0 e. The van der Waals surface area contributed by atoms with Gasteiger partial charge in [-0.2, -0.15) is 0 Å². The first-order valence-electron chi connectivity index (χ1n) is 4.81. The van der Waals surface area contributed by atoms with Crippen molar-refractivity contribution < 1.29 is 19.5 Å². The van der Waals surface area contributed by atoms with E-state index in [4.69, 9.17) is 0 Å². The van der Waals surface area contributed by atoms with Crippen LogP contribution < -0.4 is 0 Å². The summed E-state index contributed by atoms with van der Waals surface area (Å²) in [5, 5.41) is 5.25. The fraction of sp³-hybridized carbons (Fsp3) is 0. The Morgan fingerprint density at radius 3 is 1.00 bits per heavy atom. The summed E-state index contributed by atoms with van der Waals surface area (Å²) in [6.07, 6.45) is 0. The number of rotatable bonds is 0. The van der Waals surface area contributed by atoms with Crippen LogP contribution in [0.3, 0.4) is 0 Å². The maximum Gasteiger partial charge on any atom is 0 e. The van der Waals surface area contributed by atoms with E-state index in [1.807, 2.05) is 0 Å². The quantitative estimate of drug-likeness (QED) is 0.431. The zero-order valence-electron chi connectivity index (χ0n) is 8.13. The molecule has 0 amide bonds. The molecule has 0 bridgehead atoms. The number of fused-ring (bicyclic) bond motifs is 2. The normalized spacial score (nSPS) is 10.1. The number of hydrogen-bond donors (Lipinski definition) is 0. The van der Waals surface area contributed by atoms with Gasteiger partial charge in [0, 0.05) is 19.5 Å². The zero-order chi connectivity index (χ0) is 9.38. The first-order valence-corrected chi connectivity index (χ1v) is 4.81. The van der Waals surface area contributed by atoms with E-state index in [1.54, 1.807) is 0 Å². The van der Waals surface area contributed by atoms with Gasteiger partial charge in [-0.1, -0.05) is 48.5 Å². The molecule has 3 aromatic carbocycles. The summed E-state index contributed by atoms with van der Waals surface area (Å²) >= 11 is 0. The van der Waals surface area contributed by atoms with E-state index in [2.05, 4.69) is 60.7 Å². The largest absolute Gasteiger partial charge is 0.0616 e. The van der Waals surface area contributed by atoms with Gasteiger partial charge >= 0.3 is 0 Å². The van der Waals surface area contributed by atoms with E-state index in [0.29, 0.717) is 0 Å². The summed E-state index contributed by atoms with van der Waals surface area (Å²) in [6, 6.07) is 21.4. The van der Waals surface area contributed by atoms with Crippen LogP contribution in [0.25, 0.3) is 21.5 Å². The second-order valence-corrected chi connectivity index (χ2v) is 3.55. The molecule has 0 radical (unpaired) electrons. The summed E-state index contributed by atoms with van der Waals surface area (Å²) in [5.74, 6) is 0. The third-order valence-corrected chi connectivity index (χ3v) is 2.61. The van der Waals surface area contributed by atoms with Crippen molar-refractivity contribution in [3.63, 3.8) is 0 Å². The Balaban J connectivity index is 0.000000853. The van der Waals surface area contributed by atoms with E-state index >= 15 is 0 Å². The van der Waals surface area contributed by atoms with Crippen molar-refractivity contribution in [2.75, 3.05) is 0 Å². The van der Waals surface area contributed by atoms with Crippen LogP contribution in [0.5, 0.6) is 0 Å². The first kappa shape index (κ1) is 10.3. The average Bonchev–Trinajstić information content (AvgIpc) is 2.26. The number of benzene rings is 3. The van der Waals surface area contributed by atoms with Crippen molar-refractivity contribution in [3.05, 3.63) is 60.7 Å². The van der Waals surface area contributed by atoms with Gasteiger partial charge in [0.1, 0.15) is 0 Å². The predicted octanol–water partition coefficient (Wildman–Crippen LogP) is 3.99. The molecule has 3 aromatic rings. The minimum Gasteiger partial charge on any atom is -0.0616 e. The van der Waals surface area contributed by atoms with Crippen LogP contribution in [0.2, 0.25) is 0 Å². The molecule has 0 aromatic heterocycles. The number of hydrogen-bond acceptors (Lipinski definition) is 0. The SMILES string of the molecule is [Ru].c1ccc2cc3ccccc3cc2c1. The van der Waals surface area contributed by atoms with E-state index < -0.39 is 0 Å². The Morgan fingerprint density at radius 1 is 0.467 bits per heavy atom. The van der Waals surface area contributed by atoms with Gasteiger partial charge in [0.15, 0.2) is 0 Å². The van der Waals surface area contributed by atoms with Crippen LogP contribution in [-0.4, -0.2) is 0 Å². The molecule has 0 nitrogen and oxygen atoms in total. The standard InChI is InChI=1S/C14H10.Ru/c1-2-6-12-10-14-8-4-3-7-13(14)9-11(12)5-1;/h1-10H;. The molecule has 0 aliphatic carbocycles. The summed E-state index contributed by atoms with van der Waals surface area (Å²) in [4.78, 5) is 0. The summed E-state index contributed by atoms with van der Waals surface area (Å²) in [7, 11) is 0. The molecular formula is C14H10Ru. The van der Waals surface area contributed by atoms with Gasteiger partial charge in [-0.25, -0.2) is 0 Å². The van der Waals surface area contributed by atoms with E-state index in [0.717, 1.165) is 0 Å². The Morgan fingerprint density at radius 2 is 0.733 bits per heavy atom. The molecule has 0 aliphatic rings. The van der Waals surface area contributed by atoms with E-state index in [-0.39, 0.29) is 19.5 Å². The van der Waals surface area contributed by atoms with E-state index in [9.17, 15) is 0 Å². The maximum absolute atomic E-state index is 2.24. The molecule has 0 saturated carbocycles. The Bertz CT molecular complexity index is 494. The third kappa shape index (κ3) is 1.80. The summed E-state index contributed by atoms with van der Waals surface area (Å²) in [5.41, 5.74) is 0. The maximum atomic E-state index is 2.24. The van der Waals surface area contributed by atoms with Gasteiger partial charge in [-0.15, -0.1) is 0 Å². The molecular weight excluding hydrogens is 269 g/mol. The molecule has 0 spiro atoms. The second-order valence-electron chi connectivity index (χ2n) is 3.55. The van der Waals surface area contributed by atoms with Gasteiger partial charge in [0.25, 0.3) is 0 Å². The molecule has 1 heteroatoms. The monoisotopic (exact) mass is 280 g/mol. The molecule has 0 aliphatic heterocycles. The molecule has 0 heterocycles. The second kappa shape index (κ2) is 4.12. The van der Waals surface area contributed by atoms with Gasteiger partial charge in [-0.3, -0.25) is 0 Å². The third-order valence-electron chi connectivity index (χ3n) is 2.61. The molecule has 0 N–H and O–H groups in total. The molecule has 0 atom stereocenters. The van der Waals surface area contributed by atoms with Crippen LogP contribution >= 0.6 is 0 Å². The van der Waals surface area contributed by atoms with Crippen LogP contribution in [0.15, 0.2) is 60.7 Å². The van der Waals surface area contributed by atoms with Crippen molar-refractivity contribution in [1.82, 2.24) is 0 Å². The molecule has 15 heavy (non-hydrogen) atoms. The van der Waals surface area contributed by atoms with Crippen LogP contribution in [0.4, 0.5) is 0 Å². The Kier molecular flexibility index (Phi) is 2.84. The molecule has 0 unspecified atom stereocenters. The summed E-state index contributed by atoms with van der Waals surface area (Å²) in [6.45, 7) is 0. The van der Waals surface area contributed by atoms with Crippen molar-refractivity contribution in [1.29, 1.82) is 0 Å². The molecule has 0 saturated heterocycles. The van der Waals surface area contributed by atoms with Crippen molar-refractivity contribution in [3.8, 4) is 0 Å². The van der Waals surface area contributed by atoms with Crippen molar-refractivity contribution in [2.45, 2.75) is 0 Å². The molecule has 3 rings (SSSR count). The minimum atomic E-state index is 0. The van der Waals surface area contributed by atoms with Gasteiger partial charge in [0.05, 0.1) is 0 Å². The van der Waals surface area contributed by atoms with E-state index in [1.165, 1.54) is 21.5 Å². The van der Waals surface area contributed by atoms with Gasteiger partial charge in [0.2, 0.25) is 0 Å². The van der Waals surface area contributed by atoms with Crippen LogP contribution in [0, 0.1) is 0 Å².